The van der Waals surface area contributed by atoms with Crippen molar-refractivity contribution in [2.45, 2.75) is 51.4 Å². The fraction of sp³-hybridized carbons (Fsp3) is 0.500. The molecule has 0 radical (unpaired) electrons. The highest BCUT2D eigenvalue weighted by molar-refractivity contribution is 5.88. The van der Waals surface area contributed by atoms with Crippen LogP contribution in [0.5, 0.6) is 0 Å². The van der Waals surface area contributed by atoms with Crippen LogP contribution in [0.3, 0.4) is 0 Å². The predicted molar refractivity (Wildman–Crippen MR) is 90.7 cm³/mol. The number of nitrogens with zero attached hydrogens (tertiary/aromatic N) is 1. The molecule has 7 heteroatoms. The SMILES string of the molecule is CC(N[C@@H](C)C(=O)N1CCC[C@H]1C(=O)O)C(=O)OCc1ccccc1. The predicted octanol–water partition coefficient (Wildman–Crippen LogP) is 1.17. The first-order valence-corrected chi connectivity index (χ1v) is 8.40. The number of hydrogen-bond acceptors (Lipinski definition) is 5. The van der Waals surface area contributed by atoms with Crippen molar-refractivity contribution in [3.05, 3.63) is 35.9 Å². The highest BCUT2D eigenvalue weighted by Gasteiger charge is 2.36. The average molecular weight is 348 g/mol. The number of likely N-dealkylation sites (tertiary alicyclic amines) is 1. The second-order valence-corrected chi connectivity index (χ2v) is 6.23. The number of hydrogen-bond donors (Lipinski definition) is 2. The maximum Gasteiger partial charge on any atom is 0.326 e. The Morgan fingerprint density at radius 3 is 2.56 bits per heavy atom. The number of amides is 1. The summed E-state index contributed by atoms with van der Waals surface area (Å²) in [5, 5.41) is 12.1. The lowest BCUT2D eigenvalue weighted by molar-refractivity contribution is -0.150. The van der Waals surface area contributed by atoms with Crippen LogP contribution in [0.2, 0.25) is 0 Å². The molecule has 0 saturated carbocycles. The van der Waals surface area contributed by atoms with Crippen LogP contribution < -0.4 is 5.32 Å². The minimum Gasteiger partial charge on any atom is -0.480 e. The summed E-state index contributed by atoms with van der Waals surface area (Å²) < 4.78 is 5.23. The summed E-state index contributed by atoms with van der Waals surface area (Å²) in [7, 11) is 0. The molecule has 1 amide bonds. The Bertz CT molecular complexity index is 619. The number of carbonyl (C=O) groups excluding carboxylic acids is 2. The minimum absolute atomic E-state index is 0.168. The number of carboxylic acids is 1. The Morgan fingerprint density at radius 1 is 1.24 bits per heavy atom. The van der Waals surface area contributed by atoms with Gasteiger partial charge in [0, 0.05) is 6.54 Å². The topological polar surface area (TPSA) is 95.9 Å². The van der Waals surface area contributed by atoms with Gasteiger partial charge in [0.15, 0.2) is 0 Å². The molecule has 1 heterocycles. The molecule has 0 bridgehead atoms. The first kappa shape index (κ1) is 18.9. The molecule has 1 fully saturated rings. The summed E-state index contributed by atoms with van der Waals surface area (Å²) >= 11 is 0. The van der Waals surface area contributed by atoms with Gasteiger partial charge >= 0.3 is 11.9 Å². The minimum atomic E-state index is -0.992. The number of carbonyl (C=O) groups is 3. The van der Waals surface area contributed by atoms with Gasteiger partial charge in [-0.25, -0.2) is 4.79 Å². The van der Waals surface area contributed by atoms with Crippen LogP contribution >= 0.6 is 0 Å². The van der Waals surface area contributed by atoms with Crippen LogP contribution in [0.4, 0.5) is 0 Å². The maximum atomic E-state index is 12.4. The molecule has 0 spiro atoms. The first-order chi connectivity index (χ1) is 11.9. The Balaban J connectivity index is 1.84. The zero-order chi connectivity index (χ0) is 18.4. The molecular formula is C18H24N2O5. The van der Waals surface area contributed by atoms with Gasteiger partial charge < -0.3 is 14.7 Å². The van der Waals surface area contributed by atoms with E-state index in [-0.39, 0.29) is 12.5 Å². The molecule has 2 N–H and O–H groups in total. The van der Waals surface area contributed by atoms with E-state index >= 15 is 0 Å². The summed E-state index contributed by atoms with van der Waals surface area (Å²) in [4.78, 5) is 37.1. The van der Waals surface area contributed by atoms with E-state index in [9.17, 15) is 19.5 Å². The largest absolute Gasteiger partial charge is 0.480 e. The molecule has 1 unspecified atom stereocenters. The summed E-state index contributed by atoms with van der Waals surface area (Å²) in [6.45, 7) is 3.84. The van der Waals surface area contributed by atoms with Crippen LogP contribution in [-0.4, -0.2) is 52.5 Å². The van der Waals surface area contributed by atoms with Gasteiger partial charge in [0.2, 0.25) is 5.91 Å². The third-order valence-corrected chi connectivity index (χ3v) is 4.27. The molecule has 1 aromatic rings. The van der Waals surface area contributed by atoms with Gasteiger partial charge in [-0.1, -0.05) is 30.3 Å². The number of ether oxygens (including phenoxy) is 1. The Kier molecular flexibility index (Phi) is 6.52. The van der Waals surface area contributed by atoms with Gasteiger partial charge in [0.05, 0.1) is 6.04 Å². The normalized spacial score (nSPS) is 19.3. The second kappa shape index (κ2) is 8.62. The van der Waals surface area contributed by atoms with E-state index in [0.29, 0.717) is 19.4 Å². The number of nitrogens with one attached hydrogen (secondary N) is 1. The van der Waals surface area contributed by atoms with Gasteiger partial charge in [0.25, 0.3) is 0 Å². The number of rotatable bonds is 7. The zero-order valence-corrected chi connectivity index (χ0v) is 14.5. The Labute approximate surface area is 147 Å². The fourth-order valence-electron chi connectivity index (χ4n) is 2.90. The number of benzene rings is 1. The smallest absolute Gasteiger partial charge is 0.326 e. The van der Waals surface area contributed by atoms with Crippen molar-refractivity contribution in [1.29, 1.82) is 0 Å². The molecule has 1 aliphatic heterocycles. The number of aliphatic carboxylic acids is 1. The molecule has 3 atom stereocenters. The molecule has 2 rings (SSSR count). The van der Waals surface area contributed by atoms with E-state index in [1.807, 2.05) is 30.3 Å². The lowest BCUT2D eigenvalue weighted by Crippen LogP contribution is -2.52. The van der Waals surface area contributed by atoms with Gasteiger partial charge in [-0.3, -0.25) is 14.9 Å². The van der Waals surface area contributed by atoms with Crippen LogP contribution in [0.1, 0.15) is 32.3 Å². The van der Waals surface area contributed by atoms with Crippen molar-refractivity contribution in [3.63, 3.8) is 0 Å². The molecule has 7 nitrogen and oxygen atoms in total. The van der Waals surface area contributed by atoms with Crippen LogP contribution in [0.15, 0.2) is 30.3 Å². The average Bonchev–Trinajstić information content (AvgIpc) is 3.09. The van der Waals surface area contributed by atoms with Crippen molar-refractivity contribution < 1.29 is 24.2 Å². The highest BCUT2D eigenvalue weighted by Crippen LogP contribution is 2.18. The molecule has 1 aromatic carbocycles. The van der Waals surface area contributed by atoms with Crippen LogP contribution in [-0.2, 0) is 25.7 Å². The standard InChI is InChI=1S/C18H24N2O5/c1-12(16(21)20-10-6-9-15(20)17(22)23)19-13(2)18(24)25-11-14-7-4-3-5-8-14/h3-5,7-8,12-13,15,19H,6,9-11H2,1-2H3,(H,22,23)/t12-,13?,15-/m0/s1. The molecule has 25 heavy (non-hydrogen) atoms. The summed E-state index contributed by atoms with van der Waals surface area (Å²) in [5.41, 5.74) is 0.883. The molecule has 1 saturated heterocycles. The van der Waals surface area contributed by atoms with Gasteiger partial charge in [-0.15, -0.1) is 0 Å². The van der Waals surface area contributed by atoms with E-state index in [1.54, 1.807) is 13.8 Å². The monoisotopic (exact) mass is 348 g/mol. The van der Waals surface area contributed by atoms with Gasteiger partial charge in [0.1, 0.15) is 18.7 Å². The van der Waals surface area contributed by atoms with E-state index < -0.39 is 30.1 Å². The lowest BCUT2D eigenvalue weighted by atomic mass is 10.2. The molecule has 0 aromatic heterocycles. The summed E-state index contributed by atoms with van der Waals surface area (Å²) in [6.07, 6.45) is 1.13. The Morgan fingerprint density at radius 2 is 1.92 bits per heavy atom. The van der Waals surface area contributed by atoms with Crippen molar-refractivity contribution in [3.8, 4) is 0 Å². The third-order valence-electron chi connectivity index (χ3n) is 4.27. The third kappa shape index (κ3) is 5.03. The lowest BCUT2D eigenvalue weighted by Gasteiger charge is -2.26. The van der Waals surface area contributed by atoms with Crippen molar-refractivity contribution in [2.75, 3.05) is 6.54 Å². The maximum absolute atomic E-state index is 12.4. The van der Waals surface area contributed by atoms with Crippen LogP contribution in [0, 0.1) is 0 Å². The van der Waals surface area contributed by atoms with E-state index in [1.165, 1.54) is 4.90 Å². The first-order valence-electron chi connectivity index (χ1n) is 8.40. The summed E-state index contributed by atoms with van der Waals surface area (Å²) in [5.74, 6) is -1.76. The Hall–Kier alpha value is -2.41. The number of esters is 1. The zero-order valence-electron chi connectivity index (χ0n) is 14.5. The van der Waals surface area contributed by atoms with Gasteiger partial charge in [-0.2, -0.15) is 0 Å². The van der Waals surface area contributed by atoms with Crippen molar-refractivity contribution in [1.82, 2.24) is 10.2 Å². The quantitative estimate of drug-likeness (QED) is 0.718. The van der Waals surface area contributed by atoms with E-state index in [2.05, 4.69) is 5.32 Å². The molecular weight excluding hydrogens is 324 g/mol. The van der Waals surface area contributed by atoms with Crippen molar-refractivity contribution in [2.24, 2.45) is 0 Å². The highest BCUT2D eigenvalue weighted by atomic mass is 16.5. The number of carboxylic acid groups (broad SMARTS) is 1. The fourth-order valence-corrected chi connectivity index (χ4v) is 2.90. The van der Waals surface area contributed by atoms with E-state index in [0.717, 1.165) is 5.56 Å². The van der Waals surface area contributed by atoms with E-state index in [4.69, 9.17) is 4.74 Å². The van der Waals surface area contributed by atoms with Crippen LogP contribution in [0.25, 0.3) is 0 Å². The van der Waals surface area contributed by atoms with Crippen molar-refractivity contribution >= 4 is 17.8 Å². The molecule has 136 valence electrons. The summed E-state index contributed by atoms with van der Waals surface area (Å²) in [6, 6.07) is 7.20. The molecule has 0 aliphatic carbocycles. The van der Waals surface area contributed by atoms with Gasteiger partial charge in [-0.05, 0) is 32.3 Å². The molecule has 1 aliphatic rings. The second-order valence-electron chi connectivity index (χ2n) is 6.23.